The average molecular weight is 392 g/mol. The zero-order chi connectivity index (χ0) is 20.9. The first-order valence-electron chi connectivity index (χ1n) is 10.2. The molecular weight excluding hydrogens is 366 g/mol. The van der Waals surface area contributed by atoms with E-state index in [2.05, 4.69) is 73.4 Å². The van der Waals surface area contributed by atoms with Crippen molar-refractivity contribution in [2.24, 2.45) is 0 Å². The van der Waals surface area contributed by atoms with E-state index in [4.69, 9.17) is 0 Å². The average Bonchev–Trinajstić information content (AvgIpc) is 2.79. The topological polar surface area (TPSA) is 29.1 Å². The molecule has 0 unspecified atom stereocenters. The molecule has 0 bridgehead atoms. The van der Waals surface area contributed by atoms with Crippen LogP contribution in [-0.4, -0.2) is 6.29 Å². The second-order valence-electron chi connectivity index (χ2n) is 7.59. The Morgan fingerprint density at radius 2 is 1.53 bits per heavy atom. The largest absolute Gasteiger partial charge is 0.359 e. The van der Waals surface area contributed by atoms with Crippen LogP contribution in [0.5, 0.6) is 0 Å². The predicted octanol–water partition coefficient (Wildman–Crippen LogP) is 6.97. The normalized spacial score (nSPS) is 11.8. The molecule has 148 valence electrons. The summed E-state index contributed by atoms with van der Waals surface area (Å²) in [5.41, 5.74) is 6.12. The number of carbonyl (C=O) groups excluding carboxylic acids is 1. The quantitative estimate of drug-likeness (QED) is 0.345. The Bertz CT molecular complexity index is 1200. The SMILES string of the molecule is C=C(Nc1ccccc1Cc1ccccc1C=O)[C@@H](C)c1cccc2ccccc12. The van der Waals surface area contributed by atoms with Gasteiger partial charge in [0.2, 0.25) is 0 Å². The summed E-state index contributed by atoms with van der Waals surface area (Å²) in [7, 11) is 0. The maximum Gasteiger partial charge on any atom is 0.150 e. The van der Waals surface area contributed by atoms with Gasteiger partial charge in [-0.2, -0.15) is 0 Å². The monoisotopic (exact) mass is 391 g/mol. The van der Waals surface area contributed by atoms with Crippen LogP contribution in [0.2, 0.25) is 0 Å². The first-order chi connectivity index (χ1) is 14.7. The fraction of sp³-hybridized carbons (Fsp3) is 0.107. The summed E-state index contributed by atoms with van der Waals surface area (Å²) in [5.74, 6) is 0.145. The number of rotatable bonds is 7. The number of carbonyl (C=O) groups is 1. The molecule has 0 aliphatic heterocycles. The minimum absolute atomic E-state index is 0.145. The maximum absolute atomic E-state index is 11.4. The predicted molar refractivity (Wildman–Crippen MR) is 126 cm³/mol. The number of benzene rings is 4. The van der Waals surface area contributed by atoms with Crippen molar-refractivity contribution in [1.29, 1.82) is 0 Å². The Morgan fingerprint density at radius 3 is 2.37 bits per heavy atom. The van der Waals surface area contributed by atoms with E-state index in [-0.39, 0.29) is 5.92 Å². The van der Waals surface area contributed by atoms with Crippen LogP contribution in [-0.2, 0) is 6.42 Å². The Labute approximate surface area is 177 Å². The highest BCUT2D eigenvalue weighted by molar-refractivity contribution is 5.86. The van der Waals surface area contributed by atoms with E-state index in [0.717, 1.165) is 34.4 Å². The van der Waals surface area contributed by atoms with Crippen LogP contribution < -0.4 is 5.32 Å². The van der Waals surface area contributed by atoms with Gasteiger partial charge in [-0.25, -0.2) is 0 Å². The fourth-order valence-corrected chi connectivity index (χ4v) is 3.91. The lowest BCUT2D eigenvalue weighted by Gasteiger charge is -2.21. The molecule has 0 saturated heterocycles. The Kier molecular flexibility index (Phi) is 5.76. The number of anilines is 1. The van der Waals surface area contributed by atoms with Crippen molar-refractivity contribution in [3.05, 3.63) is 126 Å². The van der Waals surface area contributed by atoms with Gasteiger partial charge in [0.25, 0.3) is 0 Å². The Balaban J connectivity index is 1.60. The van der Waals surface area contributed by atoms with Gasteiger partial charge >= 0.3 is 0 Å². The minimum Gasteiger partial charge on any atom is -0.359 e. The molecule has 0 amide bonds. The number of para-hydroxylation sites is 1. The first kappa shape index (κ1) is 19.7. The number of aldehydes is 1. The molecule has 4 aromatic rings. The van der Waals surface area contributed by atoms with Crippen molar-refractivity contribution in [1.82, 2.24) is 0 Å². The smallest absolute Gasteiger partial charge is 0.150 e. The molecule has 2 nitrogen and oxygen atoms in total. The van der Waals surface area contributed by atoms with Crippen LogP contribution in [0.15, 0.2) is 103 Å². The number of fused-ring (bicyclic) bond motifs is 1. The lowest BCUT2D eigenvalue weighted by molar-refractivity contribution is 0.112. The lowest BCUT2D eigenvalue weighted by atomic mass is 9.92. The second-order valence-corrected chi connectivity index (χ2v) is 7.59. The summed E-state index contributed by atoms with van der Waals surface area (Å²) < 4.78 is 0. The maximum atomic E-state index is 11.4. The third kappa shape index (κ3) is 4.04. The van der Waals surface area contributed by atoms with Gasteiger partial charge in [-0.3, -0.25) is 4.79 Å². The van der Waals surface area contributed by atoms with Crippen molar-refractivity contribution in [3.63, 3.8) is 0 Å². The van der Waals surface area contributed by atoms with Crippen LogP contribution in [0.25, 0.3) is 10.8 Å². The van der Waals surface area contributed by atoms with Crippen LogP contribution in [0, 0.1) is 0 Å². The Morgan fingerprint density at radius 1 is 0.867 bits per heavy atom. The summed E-state index contributed by atoms with van der Waals surface area (Å²) >= 11 is 0. The van der Waals surface area contributed by atoms with Crippen molar-refractivity contribution in [2.45, 2.75) is 19.3 Å². The highest BCUT2D eigenvalue weighted by Gasteiger charge is 2.14. The lowest BCUT2D eigenvalue weighted by Crippen LogP contribution is -2.09. The van der Waals surface area contributed by atoms with Gasteiger partial charge in [-0.05, 0) is 33.5 Å². The molecule has 0 fully saturated rings. The van der Waals surface area contributed by atoms with E-state index in [0.29, 0.717) is 6.42 Å². The Hall–Kier alpha value is -3.65. The highest BCUT2D eigenvalue weighted by atomic mass is 16.1. The third-order valence-corrected chi connectivity index (χ3v) is 5.69. The van der Waals surface area contributed by atoms with Crippen LogP contribution in [0.3, 0.4) is 0 Å². The van der Waals surface area contributed by atoms with Crippen LogP contribution in [0.4, 0.5) is 5.69 Å². The van der Waals surface area contributed by atoms with Crippen LogP contribution >= 0.6 is 0 Å². The summed E-state index contributed by atoms with van der Waals surface area (Å²) in [5, 5.41) is 6.04. The van der Waals surface area contributed by atoms with E-state index in [9.17, 15) is 4.79 Å². The number of allylic oxidation sites excluding steroid dienone is 1. The molecule has 0 aromatic heterocycles. The van der Waals surface area contributed by atoms with Crippen molar-refractivity contribution >= 4 is 22.7 Å². The van der Waals surface area contributed by atoms with Crippen molar-refractivity contribution < 1.29 is 4.79 Å². The van der Waals surface area contributed by atoms with Gasteiger partial charge in [0.15, 0.2) is 0 Å². The molecule has 0 radical (unpaired) electrons. The number of nitrogens with one attached hydrogen (secondary N) is 1. The summed E-state index contributed by atoms with van der Waals surface area (Å²) in [6.45, 7) is 6.53. The fourth-order valence-electron chi connectivity index (χ4n) is 3.91. The molecule has 4 aromatic carbocycles. The molecule has 0 saturated carbocycles. The zero-order valence-corrected chi connectivity index (χ0v) is 17.1. The van der Waals surface area contributed by atoms with Gasteiger partial charge in [0, 0.05) is 29.3 Å². The second kappa shape index (κ2) is 8.79. The van der Waals surface area contributed by atoms with E-state index < -0.39 is 0 Å². The van der Waals surface area contributed by atoms with Gasteiger partial charge in [-0.1, -0.05) is 98.4 Å². The van der Waals surface area contributed by atoms with Crippen molar-refractivity contribution in [2.75, 3.05) is 5.32 Å². The molecule has 0 aliphatic carbocycles. The van der Waals surface area contributed by atoms with E-state index in [1.54, 1.807) is 0 Å². The minimum atomic E-state index is 0.145. The molecule has 30 heavy (non-hydrogen) atoms. The van der Waals surface area contributed by atoms with Crippen molar-refractivity contribution in [3.8, 4) is 0 Å². The molecule has 0 spiro atoms. The number of hydrogen-bond donors (Lipinski definition) is 1. The number of hydrogen-bond acceptors (Lipinski definition) is 2. The summed E-state index contributed by atoms with van der Waals surface area (Å²) in [6, 6.07) is 30.8. The molecule has 0 aliphatic rings. The molecule has 1 atom stereocenters. The third-order valence-electron chi connectivity index (χ3n) is 5.69. The molecule has 4 rings (SSSR count). The van der Waals surface area contributed by atoms with E-state index >= 15 is 0 Å². The molecule has 0 heterocycles. The van der Waals surface area contributed by atoms with Gasteiger partial charge in [-0.15, -0.1) is 0 Å². The standard InChI is InChI=1S/C28H25NO/c1-20(26-16-9-14-22-10-5-7-15-27(22)26)21(2)29-28-17-8-6-12-24(28)18-23-11-3-4-13-25(23)19-30/h3-17,19-20,29H,2,18H2,1H3/t20-/m1/s1. The first-order valence-corrected chi connectivity index (χ1v) is 10.2. The van der Waals surface area contributed by atoms with Gasteiger partial charge in [0.1, 0.15) is 6.29 Å². The summed E-state index contributed by atoms with van der Waals surface area (Å²) in [6.07, 6.45) is 1.61. The molecule has 2 heteroatoms. The van der Waals surface area contributed by atoms with E-state index in [1.807, 2.05) is 36.4 Å². The van der Waals surface area contributed by atoms with E-state index in [1.165, 1.54) is 16.3 Å². The molecule has 1 N–H and O–H groups in total. The van der Waals surface area contributed by atoms with Gasteiger partial charge < -0.3 is 5.32 Å². The van der Waals surface area contributed by atoms with Gasteiger partial charge in [0.05, 0.1) is 0 Å². The van der Waals surface area contributed by atoms with Crippen LogP contribution in [0.1, 0.15) is 39.9 Å². The molecular formula is C28H25NO. The zero-order valence-electron chi connectivity index (χ0n) is 17.1. The summed E-state index contributed by atoms with van der Waals surface area (Å²) in [4.78, 5) is 11.4. The highest BCUT2D eigenvalue weighted by Crippen LogP contribution is 2.31.